The number of benzene rings is 1. The molecule has 2 aliphatic rings. The first-order valence-electron chi connectivity index (χ1n) is 10.4. The number of rotatable bonds is 5. The summed E-state index contributed by atoms with van der Waals surface area (Å²) in [7, 11) is 0. The minimum Gasteiger partial charge on any atom is -0.368 e. The maximum atomic E-state index is 5.72. The minimum atomic E-state index is 0.295. The summed E-state index contributed by atoms with van der Waals surface area (Å²) in [5, 5.41) is 3.51. The number of piperazine rings is 1. The Morgan fingerprint density at radius 2 is 2.28 bits per heavy atom. The van der Waals surface area contributed by atoms with Crippen LogP contribution in [-0.4, -0.2) is 52.8 Å². The Morgan fingerprint density at radius 1 is 1.38 bits per heavy atom. The number of fused-ring (bicyclic) bond motifs is 1. The molecule has 1 aromatic carbocycles. The maximum Gasteiger partial charge on any atom is 0.220 e. The van der Waals surface area contributed by atoms with Crippen LogP contribution in [0.15, 0.2) is 48.1 Å². The van der Waals surface area contributed by atoms with E-state index in [1.54, 1.807) is 6.20 Å². The standard InChI is InChI=1S/C23H30N6/c1-3-21(19-6-7-20-14-25-10-11-29(20)15-19)27-13-18-5-4-17(12-16(18)2)22-8-9-26-23(24)28-22/h3-5,8-9,12,19-20,25H,1,6-7,10-11,13-15H2,2H3,(H2,24,26,28). The molecule has 0 aliphatic carbocycles. The highest BCUT2D eigenvalue weighted by atomic mass is 15.2. The van der Waals surface area contributed by atoms with Crippen molar-refractivity contribution in [3.05, 3.63) is 54.2 Å². The smallest absolute Gasteiger partial charge is 0.220 e. The molecule has 3 N–H and O–H groups in total. The summed E-state index contributed by atoms with van der Waals surface area (Å²) < 4.78 is 0. The van der Waals surface area contributed by atoms with Gasteiger partial charge in [0.2, 0.25) is 5.95 Å². The van der Waals surface area contributed by atoms with E-state index in [0.29, 0.717) is 24.5 Å². The fourth-order valence-corrected chi connectivity index (χ4v) is 4.44. The molecule has 1 aromatic heterocycles. The molecule has 152 valence electrons. The Labute approximate surface area is 173 Å². The first-order chi connectivity index (χ1) is 14.1. The van der Waals surface area contributed by atoms with Gasteiger partial charge in [-0.15, -0.1) is 0 Å². The Morgan fingerprint density at radius 3 is 3.07 bits per heavy atom. The van der Waals surface area contributed by atoms with Gasteiger partial charge in [-0.05, 0) is 49.1 Å². The van der Waals surface area contributed by atoms with Crippen LogP contribution in [0.5, 0.6) is 0 Å². The minimum absolute atomic E-state index is 0.295. The first kappa shape index (κ1) is 19.7. The van der Waals surface area contributed by atoms with Crippen molar-refractivity contribution in [2.45, 2.75) is 32.4 Å². The van der Waals surface area contributed by atoms with E-state index >= 15 is 0 Å². The van der Waals surface area contributed by atoms with Crippen LogP contribution in [0.2, 0.25) is 0 Å². The molecule has 3 heterocycles. The van der Waals surface area contributed by atoms with E-state index in [1.165, 1.54) is 24.0 Å². The molecular weight excluding hydrogens is 360 g/mol. The second-order valence-electron chi connectivity index (χ2n) is 8.01. The summed E-state index contributed by atoms with van der Waals surface area (Å²) in [6.07, 6.45) is 6.08. The van der Waals surface area contributed by atoms with Crippen LogP contribution in [-0.2, 0) is 6.54 Å². The molecule has 2 aromatic rings. The number of allylic oxidation sites excluding steroid dienone is 1. The highest BCUT2D eigenvalue weighted by molar-refractivity contribution is 5.96. The highest BCUT2D eigenvalue weighted by Crippen LogP contribution is 2.26. The largest absolute Gasteiger partial charge is 0.368 e. The molecule has 2 unspecified atom stereocenters. The molecule has 0 spiro atoms. The predicted octanol–water partition coefficient (Wildman–Crippen LogP) is 2.85. The first-order valence-corrected chi connectivity index (χ1v) is 10.4. The van der Waals surface area contributed by atoms with Crippen LogP contribution < -0.4 is 11.1 Å². The van der Waals surface area contributed by atoms with Crippen LogP contribution in [0, 0.1) is 12.8 Å². The van der Waals surface area contributed by atoms with Gasteiger partial charge in [0, 0.05) is 55.6 Å². The van der Waals surface area contributed by atoms with Gasteiger partial charge in [0.05, 0.1) is 12.2 Å². The topological polar surface area (TPSA) is 79.4 Å². The summed E-state index contributed by atoms with van der Waals surface area (Å²) in [5.41, 5.74) is 11.2. The lowest BCUT2D eigenvalue weighted by Gasteiger charge is -2.42. The quantitative estimate of drug-likeness (QED) is 0.768. The zero-order chi connectivity index (χ0) is 20.2. The van der Waals surface area contributed by atoms with Gasteiger partial charge in [0.1, 0.15) is 0 Å². The molecule has 6 nitrogen and oxygen atoms in total. The van der Waals surface area contributed by atoms with E-state index in [4.69, 9.17) is 10.7 Å². The van der Waals surface area contributed by atoms with Crippen LogP contribution in [0.25, 0.3) is 11.3 Å². The SMILES string of the molecule is C=CC(=NCc1ccc(-c2ccnc(N)n2)cc1C)C1CCC2CNCCN2C1. The monoisotopic (exact) mass is 390 g/mol. The van der Waals surface area contributed by atoms with Gasteiger partial charge in [0.25, 0.3) is 0 Å². The molecule has 0 amide bonds. The van der Waals surface area contributed by atoms with Crippen molar-refractivity contribution >= 4 is 11.7 Å². The summed E-state index contributed by atoms with van der Waals surface area (Å²) in [4.78, 5) is 15.9. The zero-order valence-electron chi connectivity index (χ0n) is 17.1. The number of nitrogens with zero attached hydrogens (tertiary/aromatic N) is 4. The van der Waals surface area contributed by atoms with Crippen molar-refractivity contribution in [2.75, 3.05) is 31.9 Å². The van der Waals surface area contributed by atoms with E-state index in [9.17, 15) is 0 Å². The second kappa shape index (κ2) is 8.84. The van der Waals surface area contributed by atoms with Gasteiger partial charge in [-0.3, -0.25) is 9.89 Å². The third-order valence-electron chi connectivity index (χ3n) is 6.15. The van der Waals surface area contributed by atoms with Gasteiger partial charge < -0.3 is 11.1 Å². The number of aliphatic imine (C=N–C) groups is 1. The van der Waals surface area contributed by atoms with E-state index in [1.807, 2.05) is 12.1 Å². The van der Waals surface area contributed by atoms with Crippen molar-refractivity contribution in [1.29, 1.82) is 0 Å². The molecule has 2 aliphatic heterocycles. The molecule has 0 saturated carbocycles. The van der Waals surface area contributed by atoms with Crippen LogP contribution in [0.1, 0.15) is 24.0 Å². The van der Waals surface area contributed by atoms with Crippen molar-refractivity contribution in [3.8, 4) is 11.3 Å². The molecule has 2 fully saturated rings. The molecule has 4 rings (SSSR count). The van der Waals surface area contributed by atoms with Crippen LogP contribution in [0.3, 0.4) is 0 Å². The molecule has 29 heavy (non-hydrogen) atoms. The summed E-state index contributed by atoms with van der Waals surface area (Å²) in [5.74, 6) is 0.786. The lowest BCUT2D eigenvalue weighted by molar-refractivity contribution is 0.105. The average Bonchev–Trinajstić information content (AvgIpc) is 2.75. The summed E-state index contributed by atoms with van der Waals surface area (Å²) in [6.45, 7) is 11.3. The zero-order valence-corrected chi connectivity index (χ0v) is 17.1. The Hall–Kier alpha value is -2.57. The van der Waals surface area contributed by atoms with Gasteiger partial charge in [0.15, 0.2) is 0 Å². The van der Waals surface area contributed by atoms with E-state index < -0.39 is 0 Å². The molecule has 6 heteroatoms. The molecule has 0 bridgehead atoms. The number of aromatic nitrogens is 2. The molecular formula is C23H30N6. The maximum absolute atomic E-state index is 5.72. The number of anilines is 1. The van der Waals surface area contributed by atoms with Crippen molar-refractivity contribution in [1.82, 2.24) is 20.2 Å². The van der Waals surface area contributed by atoms with Crippen LogP contribution >= 0.6 is 0 Å². The van der Waals surface area contributed by atoms with E-state index in [0.717, 1.165) is 43.1 Å². The Kier molecular flexibility index (Phi) is 6.02. The summed E-state index contributed by atoms with van der Waals surface area (Å²) in [6, 6.07) is 8.94. The lowest BCUT2D eigenvalue weighted by atomic mass is 9.88. The molecule has 2 saturated heterocycles. The normalized spacial score (nSPS) is 22.9. The highest BCUT2D eigenvalue weighted by Gasteiger charge is 2.31. The molecule has 2 atom stereocenters. The third kappa shape index (κ3) is 4.54. The van der Waals surface area contributed by atoms with E-state index in [2.05, 4.69) is 51.9 Å². The average molecular weight is 391 g/mol. The Bertz CT molecular complexity index is 906. The lowest BCUT2D eigenvalue weighted by Crippen LogP contribution is -2.55. The predicted molar refractivity (Wildman–Crippen MR) is 119 cm³/mol. The van der Waals surface area contributed by atoms with Crippen molar-refractivity contribution in [3.63, 3.8) is 0 Å². The van der Waals surface area contributed by atoms with Crippen molar-refractivity contribution in [2.24, 2.45) is 10.9 Å². The van der Waals surface area contributed by atoms with Crippen molar-refractivity contribution < 1.29 is 0 Å². The number of aryl methyl sites for hydroxylation is 1. The van der Waals surface area contributed by atoms with Crippen LogP contribution in [0.4, 0.5) is 5.95 Å². The number of nitrogens with one attached hydrogen (secondary N) is 1. The van der Waals surface area contributed by atoms with E-state index in [-0.39, 0.29) is 0 Å². The summed E-state index contributed by atoms with van der Waals surface area (Å²) >= 11 is 0. The number of hydrogen-bond acceptors (Lipinski definition) is 6. The third-order valence-corrected chi connectivity index (χ3v) is 6.15. The second-order valence-corrected chi connectivity index (χ2v) is 8.01. The number of piperidine rings is 1. The molecule has 0 radical (unpaired) electrons. The van der Waals surface area contributed by atoms with Gasteiger partial charge in [-0.2, -0.15) is 0 Å². The van der Waals surface area contributed by atoms with Gasteiger partial charge in [-0.1, -0.05) is 18.7 Å². The van der Waals surface area contributed by atoms with Gasteiger partial charge in [-0.25, -0.2) is 9.97 Å². The van der Waals surface area contributed by atoms with Gasteiger partial charge >= 0.3 is 0 Å². The number of nitrogen functional groups attached to an aromatic ring is 1. The fourth-order valence-electron chi connectivity index (χ4n) is 4.44. The Balaban J connectivity index is 1.46. The number of hydrogen-bond donors (Lipinski definition) is 2. The number of nitrogens with two attached hydrogens (primary N) is 1. The fraction of sp³-hybridized carbons (Fsp3) is 0.435.